The zero-order chi connectivity index (χ0) is 14.5. The standard InChI is InChI=1S/C15H27BrN4/c1-11(2)20-15(13(16)10-18-20)14(19-17)9-8-12-6-4-3-5-7-12/h10-12,14,19H,3-9,17H2,1-2H3. The average molecular weight is 343 g/mol. The van der Waals surface area contributed by atoms with Crippen molar-refractivity contribution in [3.05, 3.63) is 16.4 Å². The summed E-state index contributed by atoms with van der Waals surface area (Å²) in [4.78, 5) is 0. The molecule has 0 spiro atoms. The van der Waals surface area contributed by atoms with Crippen LogP contribution in [0, 0.1) is 5.92 Å². The molecule has 1 aromatic rings. The fraction of sp³-hybridized carbons (Fsp3) is 0.800. The lowest BCUT2D eigenvalue weighted by Crippen LogP contribution is -2.31. The molecule has 0 bridgehead atoms. The Morgan fingerprint density at radius 2 is 2.10 bits per heavy atom. The van der Waals surface area contributed by atoms with Gasteiger partial charge in [0.25, 0.3) is 0 Å². The maximum Gasteiger partial charge on any atom is 0.0712 e. The predicted molar refractivity (Wildman–Crippen MR) is 86.2 cm³/mol. The van der Waals surface area contributed by atoms with Gasteiger partial charge in [-0.05, 0) is 48.5 Å². The van der Waals surface area contributed by atoms with Gasteiger partial charge >= 0.3 is 0 Å². The van der Waals surface area contributed by atoms with E-state index in [2.05, 4.69) is 45.0 Å². The van der Waals surface area contributed by atoms with Gasteiger partial charge in [-0.15, -0.1) is 0 Å². The second-order valence-electron chi connectivity index (χ2n) is 6.22. The lowest BCUT2D eigenvalue weighted by atomic mass is 9.85. The fourth-order valence-electron chi connectivity index (χ4n) is 3.27. The van der Waals surface area contributed by atoms with E-state index in [-0.39, 0.29) is 6.04 Å². The van der Waals surface area contributed by atoms with E-state index in [9.17, 15) is 0 Å². The lowest BCUT2D eigenvalue weighted by Gasteiger charge is -2.25. The highest BCUT2D eigenvalue weighted by Gasteiger charge is 2.22. The normalized spacial score (nSPS) is 18.6. The first kappa shape index (κ1) is 16.0. The zero-order valence-electron chi connectivity index (χ0n) is 12.6. The second-order valence-corrected chi connectivity index (χ2v) is 7.07. The summed E-state index contributed by atoms with van der Waals surface area (Å²) >= 11 is 3.61. The number of nitrogens with one attached hydrogen (secondary N) is 1. The molecule has 0 aliphatic heterocycles. The van der Waals surface area contributed by atoms with Crippen molar-refractivity contribution in [3.8, 4) is 0 Å². The molecule has 3 N–H and O–H groups in total. The Morgan fingerprint density at radius 3 is 2.70 bits per heavy atom. The smallest absolute Gasteiger partial charge is 0.0712 e. The van der Waals surface area contributed by atoms with Crippen LogP contribution >= 0.6 is 15.9 Å². The van der Waals surface area contributed by atoms with Crippen LogP contribution in [0.4, 0.5) is 0 Å². The van der Waals surface area contributed by atoms with Crippen LogP contribution in [0.1, 0.15) is 76.6 Å². The molecule has 0 amide bonds. The second kappa shape index (κ2) is 7.57. The lowest BCUT2D eigenvalue weighted by molar-refractivity contribution is 0.309. The molecule has 0 saturated heterocycles. The SMILES string of the molecule is CC(C)n1ncc(Br)c1C(CCC1CCCCC1)NN. The molecule has 0 radical (unpaired) electrons. The maximum absolute atomic E-state index is 5.81. The summed E-state index contributed by atoms with van der Waals surface area (Å²) in [5.41, 5.74) is 4.17. The Kier molecular flexibility index (Phi) is 6.05. The molecule has 1 fully saturated rings. The number of hydrogen-bond acceptors (Lipinski definition) is 3. The van der Waals surface area contributed by atoms with Crippen molar-refractivity contribution in [2.75, 3.05) is 0 Å². The van der Waals surface area contributed by atoms with E-state index in [0.29, 0.717) is 6.04 Å². The van der Waals surface area contributed by atoms with Crippen molar-refractivity contribution >= 4 is 15.9 Å². The summed E-state index contributed by atoms with van der Waals surface area (Å²) in [7, 11) is 0. The molecule has 1 aliphatic carbocycles. The van der Waals surface area contributed by atoms with Crippen LogP contribution in [0.25, 0.3) is 0 Å². The van der Waals surface area contributed by atoms with Crippen LogP contribution < -0.4 is 11.3 Å². The molecule has 2 rings (SSSR count). The van der Waals surface area contributed by atoms with Gasteiger partial charge < -0.3 is 0 Å². The van der Waals surface area contributed by atoms with E-state index in [0.717, 1.165) is 16.8 Å². The van der Waals surface area contributed by atoms with Crippen LogP contribution in [0.5, 0.6) is 0 Å². The van der Waals surface area contributed by atoms with Crippen LogP contribution in [-0.4, -0.2) is 9.78 Å². The third kappa shape index (κ3) is 3.83. The summed E-state index contributed by atoms with van der Waals surface area (Å²) in [6.45, 7) is 4.30. The summed E-state index contributed by atoms with van der Waals surface area (Å²) in [6.07, 6.45) is 11.2. The van der Waals surface area contributed by atoms with E-state index < -0.39 is 0 Å². The predicted octanol–water partition coefficient (Wildman–Crippen LogP) is 4.09. The maximum atomic E-state index is 5.81. The third-order valence-electron chi connectivity index (χ3n) is 4.40. The fourth-order valence-corrected chi connectivity index (χ4v) is 3.82. The molecule has 20 heavy (non-hydrogen) atoms. The van der Waals surface area contributed by atoms with Crippen LogP contribution in [0.3, 0.4) is 0 Å². The monoisotopic (exact) mass is 342 g/mol. The first-order valence-electron chi connectivity index (χ1n) is 7.82. The van der Waals surface area contributed by atoms with E-state index in [1.165, 1.54) is 44.2 Å². The Hall–Kier alpha value is -0.390. The molecule has 5 heteroatoms. The number of rotatable bonds is 6. The van der Waals surface area contributed by atoms with E-state index >= 15 is 0 Å². The van der Waals surface area contributed by atoms with Crippen LogP contribution in [0.2, 0.25) is 0 Å². The molecule has 1 aromatic heterocycles. The molecule has 1 saturated carbocycles. The van der Waals surface area contributed by atoms with Gasteiger partial charge in [-0.25, -0.2) is 0 Å². The Morgan fingerprint density at radius 1 is 1.40 bits per heavy atom. The van der Waals surface area contributed by atoms with E-state index in [1.807, 2.05) is 6.20 Å². The number of nitrogens with two attached hydrogens (primary N) is 1. The van der Waals surface area contributed by atoms with Crippen molar-refractivity contribution in [2.45, 2.75) is 70.9 Å². The number of hydrazine groups is 1. The average Bonchev–Trinajstić information content (AvgIpc) is 2.83. The van der Waals surface area contributed by atoms with Crippen molar-refractivity contribution < 1.29 is 0 Å². The molecule has 0 aromatic carbocycles. The first-order chi connectivity index (χ1) is 9.63. The van der Waals surface area contributed by atoms with Gasteiger partial charge in [0.2, 0.25) is 0 Å². The minimum atomic E-state index is 0.177. The van der Waals surface area contributed by atoms with Gasteiger partial charge in [0.1, 0.15) is 0 Å². The van der Waals surface area contributed by atoms with E-state index in [1.54, 1.807) is 0 Å². The van der Waals surface area contributed by atoms with Gasteiger partial charge in [0, 0.05) is 6.04 Å². The summed E-state index contributed by atoms with van der Waals surface area (Å²) < 4.78 is 3.12. The van der Waals surface area contributed by atoms with Crippen molar-refractivity contribution in [1.29, 1.82) is 0 Å². The minimum Gasteiger partial charge on any atom is -0.271 e. The minimum absolute atomic E-state index is 0.177. The number of aromatic nitrogens is 2. The Bertz CT molecular complexity index is 410. The molecule has 114 valence electrons. The molecular formula is C15H27BrN4. The molecule has 1 heterocycles. The molecule has 1 unspecified atom stereocenters. The zero-order valence-corrected chi connectivity index (χ0v) is 14.2. The highest BCUT2D eigenvalue weighted by molar-refractivity contribution is 9.10. The van der Waals surface area contributed by atoms with Crippen molar-refractivity contribution in [2.24, 2.45) is 11.8 Å². The quantitative estimate of drug-likeness (QED) is 0.604. The highest BCUT2D eigenvalue weighted by atomic mass is 79.9. The number of hydrogen-bond donors (Lipinski definition) is 2. The number of halogens is 1. The van der Waals surface area contributed by atoms with Gasteiger partial charge in [-0.2, -0.15) is 5.10 Å². The van der Waals surface area contributed by atoms with Gasteiger partial charge in [0.15, 0.2) is 0 Å². The molecule has 1 atom stereocenters. The summed E-state index contributed by atoms with van der Waals surface area (Å²) in [5, 5.41) is 4.45. The Labute approximate surface area is 130 Å². The van der Waals surface area contributed by atoms with Gasteiger partial charge in [0.05, 0.1) is 22.4 Å². The highest BCUT2D eigenvalue weighted by Crippen LogP contribution is 2.33. The Balaban J connectivity index is 2.02. The third-order valence-corrected chi connectivity index (χ3v) is 5.01. The van der Waals surface area contributed by atoms with Crippen molar-refractivity contribution in [1.82, 2.24) is 15.2 Å². The molecule has 4 nitrogen and oxygen atoms in total. The van der Waals surface area contributed by atoms with Crippen LogP contribution in [0.15, 0.2) is 10.7 Å². The number of nitrogens with zero attached hydrogens (tertiary/aromatic N) is 2. The first-order valence-corrected chi connectivity index (χ1v) is 8.61. The van der Waals surface area contributed by atoms with Gasteiger partial charge in [-0.1, -0.05) is 32.1 Å². The summed E-state index contributed by atoms with van der Waals surface area (Å²) in [5.74, 6) is 6.69. The molecular weight excluding hydrogens is 316 g/mol. The van der Waals surface area contributed by atoms with E-state index in [4.69, 9.17) is 5.84 Å². The van der Waals surface area contributed by atoms with Crippen molar-refractivity contribution in [3.63, 3.8) is 0 Å². The largest absolute Gasteiger partial charge is 0.271 e. The van der Waals surface area contributed by atoms with Crippen LogP contribution in [-0.2, 0) is 0 Å². The van der Waals surface area contributed by atoms with Gasteiger partial charge in [-0.3, -0.25) is 16.0 Å². The topological polar surface area (TPSA) is 55.9 Å². The summed E-state index contributed by atoms with van der Waals surface area (Å²) in [6, 6.07) is 0.526. The molecule has 1 aliphatic rings.